The van der Waals surface area contributed by atoms with E-state index in [1.807, 2.05) is 0 Å². The Labute approximate surface area is 82.7 Å². The summed E-state index contributed by atoms with van der Waals surface area (Å²) in [6.07, 6.45) is 12.0. The molecule has 0 N–H and O–H groups in total. The van der Waals surface area contributed by atoms with Crippen molar-refractivity contribution in [1.82, 2.24) is 0 Å². The molecule has 1 unspecified atom stereocenters. The fraction of sp³-hybridized carbons (Fsp3) is 0.692. The lowest BCUT2D eigenvalue weighted by atomic mass is 9.85. The highest BCUT2D eigenvalue weighted by molar-refractivity contribution is 5.17. The molecule has 0 nitrogen and oxygen atoms in total. The highest BCUT2D eigenvalue weighted by atomic mass is 14.2. The highest BCUT2D eigenvalue weighted by Gasteiger charge is 2.13. The summed E-state index contributed by atoms with van der Waals surface area (Å²) in [5.41, 5.74) is 1.66. The molecule has 0 aromatic carbocycles. The van der Waals surface area contributed by atoms with Crippen LogP contribution in [0, 0.1) is 11.8 Å². The van der Waals surface area contributed by atoms with Crippen LogP contribution in [0.25, 0.3) is 0 Å². The van der Waals surface area contributed by atoms with Crippen molar-refractivity contribution in [3.63, 3.8) is 0 Å². The summed E-state index contributed by atoms with van der Waals surface area (Å²) in [6.45, 7) is 6.99. The zero-order valence-electron chi connectivity index (χ0n) is 9.22. The SMILES string of the molecule is CCC(CC1=CC=CCC1)C(C)C. The van der Waals surface area contributed by atoms with E-state index in [2.05, 4.69) is 39.0 Å². The molecule has 0 heteroatoms. The number of hydrogen-bond donors (Lipinski definition) is 0. The molecule has 0 fully saturated rings. The van der Waals surface area contributed by atoms with E-state index >= 15 is 0 Å². The maximum atomic E-state index is 2.34. The molecule has 0 saturated heterocycles. The van der Waals surface area contributed by atoms with Gasteiger partial charge in [-0.3, -0.25) is 0 Å². The minimum absolute atomic E-state index is 0.830. The predicted molar refractivity (Wildman–Crippen MR) is 59.7 cm³/mol. The summed E-state index contributed by atoms with van der Waals surface area (Å²) in [4.78, 5) is 0. The largest absolute Gasteiger partial charge is 0.0842 e. The van der Waals surface area contributed by atoms with Crippen LogP contribution in [0.5, 0.6) is 0 Å². The van der Waals surface area contributed by atoms with Crippen molar-refractivity contribution >= 4 is 0 Å². The quantitative estimate of drug-likeness (QED) is 0.601. The maximum absolute atomic E-state index is 2.34. The van der Waals surface area contributed by atoms with Crippen LogP contribution in [0.2, 0.25) is 0 Å². The lowest BCUT2D eigenvalue weighted by Crippen LogP contribution is -2.08. The Bertz CT molecular complexity index is 196. The first-order valence-electron chi connectivity index (χ1n) is 5.58. The molecular formula is C13H22. The molecule has 0 amide bonds. The van der Waals surface area contributed by atoms with E-state index in [0.29, 0.717) is 0 Å². The molecule has 1 rings (SSSR count). The van der Waals surface area contributed by atoms with Gasteiger partial charge in [0.2, 0.25) is 0 Å². The first kappa shape index (κ1) is 10.6. The summed E-state index contributed by atoms with van der Waals surface area (Å²) in [5.74, 6) is 1.72. The minimum atomic E-state index is 0.830. The van der Waals surface area contributed by atoms with E-state index in [1.165, 1.54) is 25.7 Å². The third-order valence-corrected chi connectivity index (χ3v) is 3.09. The topological polar surface area (TPSA) is 0 Å². The molecule has 0 aromatic heterocycles. The fourth-order valence-corrected chi connectivity index (χ4v) is 2.01. The Morgan fingerprint density at radius 1 is 1.38 bits per heavy atom. The summed E-state index contributed by atoms with van der Waals surface area (Å²) < 4.78 is 0. The Balaban J connectivity index is 2.45. The first-order chi connectivity index (χ1) is 6.24. The van der Waals surface area contributed by atoms with Crippen molar-refractivity contribution in [2.75, 3.05) is 0 Å². The molecule has 0 bridgehead atoms. The standard InChI is InChI=1S/C13H22/c1-4-13(11(2)3)10-12-8-6-5-7-9-12/h5-6,8,11,13H,4,7,9-10H2,1-3H3. The van der Waals surface area contributed by atoms with Crippen molar-refractivity contribution in [1.29, 1.82) is 0 Å². The van der Waals surface area contributed by atoms with Crippen LogP contribution in [-0.2, 0) is 0 Å². The van der Waals surface area contributed by atoms with Crippen molar-refractivity contribution in [2.24, 2.45) is 11.8 Å². The molecule has 0 spiro atoms. The summed E-state index contributed by atoms with van der Waals surface area (Å²) in [6, 6.07) is 0. The molecular weight excluding hydrogens is 156 g/mol. The third kappa shape index (κ3) is 3.38. The number of rotatable bonds is 4. The Morgan fingerprint density at radius 2 is 2.15 bits per heavy atom. The Kier molecular flexibility index (Phi) is 4.27. The van der Waals surface area contributed by atoms with Crippen LogP contribution in [0.15, 0.2) is 23.8 Å². The summed E-state index contributed by atoms with van der Waals surface area (Å²) >= 11 is 0. The van der Waals surface area contributed by atoms with Gasteiger partial charge in [0.15, 0.2) is 0 Å². The van der Waals surface area contributed by atoms with E-state index in [1.54, 1.807) is 5.57 Å². The molecule has 13 heavy (non-hydrogen) atoms. The van der Waals surface area contributed by atoms with Crippen LogP contribution in [0.1, 0.15) is 46.5 Å². The van der Waals surface area contributed by atoms with Gasteiger partial charge in [0, 0.05) is 0 Å². The van der Waals surface area contributed by atoms with E-state index in [9.17, 15) is 0 Å². The van der Waals surface area contributed by atoms with Crippen LogP contribution in [-0.4, -0.2) is 0 Å². The second kappa shape index (κ2) is 5.26. The Morgan fingerprint density at radius 3 is 2.62 bits per heavy atom. The van der Waals surface area contributed by atoms with Gasteiger partial charge < -0.3 is 0 Å². The lowest BCUT2D eigenvalue weighted by molar-refractivity contribution is 0.366. The van der Waals surface area contributed by atoms with E-state index in [-0.39, 0.29) is 0 Å². The van der Waals surface area contributed by atoms with Crippen molar-refractivity contribution < 1.29 is 0 Å². The molecule has 1 atom stereocenters. The second-order valence-corrected chi connectivity index (χ2v) is 4.41. The minimum Gasteiger partial charge on any atom is -0.0842 e. The van der Waals surface area contributed by atoms with Crippen LogP contribution < -0.4 is 0 Å². The molecule has 1 aliphatic carbocycles. The fourth-order valence-electron chi connectivity index (χ4n) is 2.01. The maximum Gasteiger partial charge on any atom is -0.0282 e. The summed E-state index contributed by atoms with van der Waals surface area (Å²) in [5, 5.41) is 0. The molecule has 0 saturated carbocycles. The molecule has 0 aromatic rings. The van der Waals surface area contributed by atoms with Gasteiger partial charge in [-0.2, -0.15) is 0 Å². The zero-order valence-corrected chi connectivity index (χ0v) is 9.22. The van der Waals surface area contributed by atoms with Crippen molar-refractivity contribution in [3.8, 4) is 0 Å². The van der Waals surface area contributed by atoms with Gasteiger partial charge in [0.25, 0.3) is 0 Å². The normalized spacial score (nSPS) is 18.9. The van der Waals surface area contributed by atoms with Crippen molar-refractivity contribution in [3.05, 3.63) is 23.8 Å². The monoisotopic (exact) mass is 178 g/mol. The van der Waals surface area contributed by atoms with Gasteiger partial charge in [-0.25, -0.2) is 0 Å². The molecule has 74 valence electrons. The number of allylic oxidation sites excluding steroid dienone is 4. The average molecular weight is 178 g/mol. The summed E-state index contributed by atoms with van der Waals surface area (Å²) in [7, 11) is 0. The highest BCUT2D eigenvalue weighted by Crippen LogP contribution is 2.26. The molecule has 0 radical (unpaired) electrons. The average Bonchev–Trinajstić information content (AvgIpc) is 2.15. The lowest BCUT2D eigenvalue weighted by Gasteiger charge is -2.21. The predicted octanol–water partition coefficient (Wildman–Crippen LogP) is 4.34. The van der Waals surface area contributed by atoms with E-state index < -0.39 is 0 Å². The van der Waals surface area contributed by atoms with Gasteiger partial charge >= 0.3 is 0 Å². The zero-order chi connectivity index (χ0) is 9.68. The van der Waals surface area contributed by atoms with E-state index in [4.69, 9.17) is 0 Å². The number of hydrogen-bond acceptors (Lipinski definition) is 0. The second-order valence-electron chi connectivity index (χ2n) is 4.41. The van der Waals surface area contributed by atoms with Gasteiger partial charge in [-0.15, -0.1) is 0 Å². The molecule has 0 heterocycles. The smallest absolute Gasteiger partial charge is 0.0282 e. The Hall–Kier alpha value is -0.520. The third-order valence-electron chi connectivity index (χ3n) is 3.09. The molecule has 0 aliphatic heterocycles. The van der Waals surface area contributed by atoms with Gasteiger partial charge in [-0.1, -0.05) is 51.0 Å². The van der Waals surface area contributed by atoms with Gasteiger partial charge in [-0.05, 0) is 31.1 Å². The van der Waals surface area contributed by atoms with Gasteiger partial charge in [0.1, 0.15) is 0 Å². The molecule has 1 aliphatic rings. The van der Waals surface area contributed by atoms with Crippen LogP contribution in [0.4, 0.5) is 0 Å². The van der Waals surface area contributed by atoms with Crippen molar-refractivity contribution in [2.45, 2.75) is 46.5 Å². The van der Waals surface area contributed by atoms with E-state index in [0.717, 1.165) is 11.8 Å². The van der Waals surface area contributed by atoms with Gasteiger partial charge in [0.05, 0.1) is 0 Å². The van der Waals surface area contributed by atoms with Crippen LogP contribution >= 0.6 is 0 Å². The first-order valence-corrected chi connectivity index (χ1v) is 5.58. The van der Waals surface area contributed by atoms with Crippen LogP contribution in [0.3, 0.4) is 0 Å².